The number of nitrogens with zero attached hydrogens (tertiary/aromatic N) is 2. The Hall–Kier alpha value is -0.610. The first-order chi connectivity index (χ1) is 8.60. The molecule has 1 amide bonds. The first kappa shape index (κ1) is 12.4. The zero-order valence-corrected chi connectivity index (χ0v) is 11.6. The van der Waals surface area contributed by atoms with Gasteiger partial charge in [0, 0.05) is 25.2 Å². The van der Waals surface area contributed by atoms with Gasteiger partial charge in [0.2, 0.25) is 5.91 Å². The van der Waals surface area contributed by atoms with E-state index < -0.39 is 0 Å². The van der Waals surface area contributed by atoms with Crippen molar-refractivity contribution in [3.05, 3.63) is 0 Å². The third kappa shape index (κ3) is 1.95. The molecule has 3 fully saturated rings. The van der Waals surface area contributed by atoms with Crippen LogP contribution in [-0.2, 0) is 4.79 Å². The molecule has 3 heterocycles. The van der Waals surface area contributed by atoms with Crippen LogP contribution in [0.3, 0.4) is 0 Å². The molecule has 4 nitrogen and oxygen atoms in total. The summed E-state index contributed by atoms with van der Waals surface area (Å²) in [4.78, 5) is 17.5. The second-order valence-electron chi connectivity index (χ2n) is 6.46. The molecule has 3 atom stereocenters. The van der Waals surface area contributed by atoms with E-state index >= 15 is 0 Å². The maximum Gasteiger partial charge on any atom is 0.242 e. The monoisotopic (exact) mass is 251 g/mol. The summed E-state index contributed by atoms with van der Waals surface area (Å²) < 4.78 is 0. The summed E-state index contributed by atoms with van der Waals surface area (Å²) in [5.74, 6) is 0.332. The number of amides is 1. The number of carbonyl (C=O) groups is 1. The van der Waals surface area contributed by atoms with Crippen molar-refractivity contribution in [3.8, 4) is 0 Å². The van der Waals surface area contributed by atoms with Crippen molar-refractivity contribution in [1.82, 2.24) is 15.1 Å². The fourth-order valence-corrected chi connectivity index (χ4v) is 3.86. The van der Waals surface area contributed by atoms with Crippen molar-refractivity contribution < 1.29 is 4.79 Å². The van der Waals surface area contributed by atoms with Gasteiger partial charge in [0.05, 0.1) is 5.54 Å². The van der Waals surface area contributed by atoms with Crippen LogP contribution in [-0.4, -0.2) is 59.5 Å². The molecule has 102 valence electrons. The molecule has 1 N–H and O–H groups in total. The van der Waals surface area contributed by atoms with Crippen LogP contribution in [0.1, 0.15) is 39.5 Å². The molecule has 4 heteroatoms. The molecule has 0 aromatic carbocycles. The van der Waals surface area contributed by atoms with E-state index in [9.17, 15) is 4.79 Å². The van der Waals surface area contributed by atoms with E-state index in [1.54, 1.807) is 0 Å². The van der Waals surface area contributed by atoms with Crippen LogP contribution < -0.4 is 5.32 Å². The van der Waals surface area contributed by atoms with E-state index in [1.165, 1.54) is 19.4 Å². The third-order valence-corrected chi connectivity index (χ3v) is 5.04. The Morgan fingerprint density at radius 2 is 2.17 bits per heavy atom. The van der Waals surface area contributed by atoms with Crippen LogP contribution in [0.4, 0.5) is 0 Å². The number of hydrogen-bond acceptors (Lipinski definition) is 3. The average molecular weight is 251 g/mol. The van der Waals surface area contributed by atoms with Crippen LogP contribution in [0.25, 0.3) is 0 Å². The van der Waals surface area contributed by atoms with Crippen molar-refractivity contribution in [2.75, 3.05) is 26.2 Å². The Bertz CT molecular complexity index is 338. The minimum absolute atomic E-state index is 0.297. The molecule has 18 heavy (non-hydrogen) atoms. The molecule has 0 radical (unpaired) electrons. The van der Waals surface area contributed by atoms with Crippen molar-refractivity contribution >= 4 is 5.91 Å². The lowest BCUT2D eigenvalue weighted by atomic mass is 9.96. The second-order valence-corrected chi connectivity index (χ2v) is 6.46. The Labute approximate surface area is 110 Å². The maximum atomic E-state index is 12.8. The summed E-state index contributed by atoms with van der Waals surface area (Å²) in [5.41, 5.74) is -0.297. The summed E-state index contributed by atoms with van der Waals surface area (Å²) in [6, 6.07) is 0.987. The second kappa shape index (κ2) is 4.49. The largest absolute Gasteiger partial charge is 0.336 e. The number of rotatable bonds is 1. The maximum absolute atomic E-state index is 12.8. The van der Waals surface area contributed by atoms with E-state index in [2.05, 4.69) is 29.0 Å². The molecule has 3 unspecified atom stereocenters. The number of hydrogen-bond donors (Lipinski definition) is 1. The quantitative estimate of drug-likeness (QED) is 0.749. The van der Waals surface area contributed by atoms with Crippen LogP contribution >= 0.6 is 0 Å². The highest BCUT2D eigenvalue weighted by atomic mass is 16.2. The summed E-state index contributed by atoms with van der Waals surface area (Å²) in [7, 11) is 0. The summed E-state index contributed by atoms with van der Waals surface area (Å²) in [6.07, 6.45) is 4.68. The highest BCUT2D eigenvalue weighted by Crippen LogP contribution is 2.28. The molecule has 3 rings (SSSR count). The molecule has 3 aliphatic rings. The lowest BCUT2D eigenvalue weighted by Crippen LogP contribution is -2.62. The molecule has 0 aromatic heterocycles. The normalized spacial score (nSPS) is 41.1. The topological polar surface area (TPSA) is 35.6 Å². The third-order valence-electron chi connectivity index (χ3n) is 5.04. The van der Waals surface area contributed by atoms with Gasteiger partial charge in [-0.2, -0.15) is 0 Å². The van der Waals surface area contributed by atoms with Gasteiger partial charge >= 0.3 is 0 Å². The lowest BCUT2D eigenvalue weighted by molar-refractivity contribution is -0.142. The minimum Gasteiger partial charge on any atom is -0.336 e. The molecule has 3 saturated heterocycles. The van der Waals surface area contributed by atoms with E-state index in [4.69, 9.17) is 0 Å². The number of nitrogens with one attached hydrogen (secondary N) is 1. The summed E-state index contributed by atoms with van der Waals surface area (Å²) in [5, 5.41) is 3.41. The summed E-state index contributed by atoms with van der Waals surface area (Å²) >= 11 is 0. The summed E-state index contributed by atoms with van der Waals surface area (Å²) in [6.45, 7) is 8.50. The van der Waals surface area contributed by atoms with Crippen LogP contribution in [0, 0.1) is 0 Å². The van der Waals surface area contributed by atoms with Gasteiger partial charge in [-0.05, 0) is 52.6 Å². The van der Waals surface area contributed by atoms with Crippen molar-refractivity contribution in [1.29, 1.82) is 0 Å². The van der Waals surface area contributed by atoms with Crippen molar-refractivity contribution in [2.45, 2.75) is 57.2 Å². The van der Waals surface area contributed by atoms with Gasteiger partial charge in [-0.1, -0.05) is 0 Å². The van der Waals surface area contributed by atoms with Crippen molar-refractivity contribution in [3.63, 3.8) is 0 Å². The average Bonchev–Trinajstić information content (AvgIpc) is 2.96. The standard InChI is InChI=1S/C14H25N3O/c1-11-9-16-8-3-5-12(16)10-17(11)13(18)14(2)6-4-7-15-14/h11-12,15H,3-10H2,1-2H3. The highest BCUT2D eigenvalue weighted by Gasteiger charge is 2.44. The fraction of sp³-hybridized carbons (Fsp3) is 0.929. The molecule has 0 saturated carbocycles. The highest BCUT2D eigenvalue weighted by molar-refractivity contribution is 5.86. The van der Waals surface area contributed by atoms with Gasteiger partial charge in [0.1, 0.15) is 0 Å². The molecular weight excluding hydrogens is 226 g/mol. The Morgan fingerprint density at radius 1 is 1.33 bits per heavy atom. The number of piperazine rings is 1. The number of carbonyl (C=O) groups excluding carboxylic acids is 1. The van der Waals surface area contributed by atoms with Crippen LogP contribution in [0.15, 0.2) is 0 Å². The van der Waals surface area contributed by atoms with Gasteiger partial charge in [-0.15, -0.1) is 0 Å². The van der Waals surface area contributed by atoms with Gasteiger partial charge in [0.15, 0.2) is 0 Å². The van der Waals surface area contributed by atoms with E-state index in [0.717, 1.165) is 32.5 Å². The smallest absolute Gasteiger partial charge is 0.242 e. The first-order valence-electron chi connectivity index (χ1n) is 7.40. The molecular formula is C14H25N3O. The van der Waals surface area contributed by atoms with Crippen LogP contribution in [0.2, 0.25) is 0 Å². The lowest BCUT2D eigenvalue weighted by Gasteiger charge is -2.45. The predicted molar refractivity (Wildman–Crippen MR) is 71.4 cm³/mol. The fourth-order valence-electron chi connectivity index (χ4n) is 3.86. The Balaban J connectivity index is 1.73. The Kier molecular flexibility index (Phi) is 3.10. The van der Waals surface area contributed by atoms with Gasteiger partial charge in [0.25, 0.3) is 0 Å². The first-order valence-corrected chi connectivity index (χ1v) is 7.40. The van der Waals surface area contributed by atoms with Gasteiger partial charge in [-0.3, -0.25) is 9.69 Å². The van der Waals surface area contributed by atoms with Crippen LogP contribution in [0.5, 0.6) is 0 Å². The van der Waals surface area contributed by atoms with Gasteiger partial charge < -0.3 is 10.2 Å². The van der Waals surface area contributed by atoms with Crippen molar-refractivity contribution in [2.24, 2.45) is 0 Å². The predicted octanol–water partition coefficient (Wildman–Crippen LogP) is 0.824. The zero-order chi connectivity index (χ0) is 12.8. The van der Waals surface area contributed by atoms with E-state index in [0.29, 0.717) is 18.0 Å². The van der Waals surface area contributed by atoms with E-state index in [-0.39, 0.29) is 5.54 Å². The molecule has 0 aromatic rings. The van der Waals surface area contributed by atoms with Gasteiger partial charge in [-0.25, -0.2) is 0 Å². The molecule has 0 spiro atoms. The molecule has 0 bridgehead atoms. The van der Waals surface area contributed by atoms with E-state index in [1.807, 2.05) is 0 Å². The Morgan fingerprint density at radius 3 is 2.89 bits per heavy atom. The number of fused-ring (bicyclic) bond motifs is 1. The minimum atomic E-state index is -0.297. The zero-order valence-electron chi connectivity index (χ0n) is 11.6. The SMILES string of the molecule is CC1CN2CCCC2CN1C(=O)C1(C)CCCN1. The molecule has 3 aliphatic heterocycles. The molecule has 0 aliphatic carbocycles.